The van der Waals surface area contributed by atoms with Gasteiger partial charge in [0.1, 0.15) is 0 Å². The fourth-order valence-corrected chi connectivity index (χ4v) is 4.04. The lowest BCUT2D eigenvalue weighted by molar-refractivity contribution is -0.147. The van der Waals surface area contributed by atoms with Crippen molar-refractivity contribution >= 4 is 29.4 Å². The molecule has 1 aliphatic carbocycles. The molecule has 1 saturated carbocycles. The molecule has 2 heterocycles. The molecule has 2 aromatic heterocycles. The van der Waals surface area contributed by atoms with Gasteiger partial charge in [-0.15, -0.1) is 0 Å². The number of hydrogen-bond acceptors (Lipinski definition) is 6. The lowest BCUT2D eigenvalue weighted by Gasteiger charge is -2.38. The predicted octanol–water partition coefficient (Wildman–Crippen LogP) is 4.65. The quantitative estimate of drug-likeness (QED) is 0.516. The fraction of sp³-hybridized carbons (Fsp3) is 0.565. The molecule has 0 atom stereocenters. The van der Waals surface area contributed by atoms with Crippen molar-refractivity contribution in [2.45, 2.75) is 59.3 Å². The standard InChI is InChI=1S/C23H33N5O4/c1-14(2)12-28(13-15(3)4)20-18(25-22(31)26-19-9-16(5)27-32-19)10-17(11-24-20)23(21(29)30)7-6-8-23/h9-11,14-15H,6-8,12-13H2,1-5H3,(H,29,30)(H2,25,26,31). The van der Waals surface area contributed by atoms with E-state index < -0.39 is 17.4 Å². The summed E-state index contributed by atoms with van der Waals surface area (Å²) in [6, 6.07) is 2.87. The number of nitrogens with zero attached hydrogens (tertiary/aromatic N) is 3. The maximum atomic E-state index is 12.7. The van der Waals surface area contributed by atoms with Crippen LogP contribution < -0.4 is 15.5 Å². The van der Waals surface area contributed by atoms with Gasteiger partial charge < -0.3 is 19.8 Å². The van der Waals surface area contributed by atoms with Gasteiger partial charge in [0.25, 0.3) is 0 Å². The first-order chi connectivity index (χ1) is 15.1. The zero-order valence-corrected chi connectivity index (χ0v) is 19.4. The Hall–Kier alpha value is -3.10. The number of pyridine rings is 1. The Morgan fingerprint density at radius 1 is 1.16 bits per heavy atom. The monoisotopic (exact) mass is 443 g/mol. The smallest absolute Gasteiger partial charge is 0.326 e. The molecule has 0 saturated heterocycles. The Labute approximate surface area is 188 Å². The van der Waals surface area contributed by atoms with E-state index in [0.29, 0.717) is 47.4 Å². The molecule has 0 unspecified atom stereocenters. The second-order valence-electron chi connectivity index (χ2n) is 9.44. The first-order valence-electron chi connectivity index (χ1n) is 11.1. The summed E-state index contributed by atoms with van der Waals surface area (Å²) in [5, 5.41) is 19.1. The first-order valence-corrected chi connectivity index (χ1v) is 11.1. The Balaban J connectivity index is 1.97. The van der Waals surface area contributed by atoms with Crippen molar-refractivity contribution in [1.82, 2.24) is 10.1 Å². The summed E-state index contributed by atoms with van der Waals surface area (Å²) in [5.74, 6) is 0.761. The molecular weight excluding hydrogens is 410 g/mol. The molecule has 0 spiro atoms. The molecule has 9 heteroatoms. The van der Waals surface area contributed by atoms with Crippen LogP contribution in [0.4, 0.5) is 22.2 Å². The van der Waals surface area contributed by atoms with Gasteiger partial charge in [-0.25, -0.2) is 9.78 Å². The van der Waals surface area contributed by atoms with E-state index in [2.05, 4.69) is 53.4 Å². The minimum Gasteiger partial charge on any atom is -0.481 e. The van der Waals surface area contributed by atoms with Gasteiger partial charge in [0.15, 0.2) is 5.82 Å². The average Bonchev–Trinajstić information content (AvgIpc) is 3.04. The van der Waals surface area contributed by atoms with Gasteiger partial charge in [-0.1, -0.05) is 39.3 Å². The van der Waals surface area contributed by atoms with Crippen molar-refractivity contribution in [3.05, 3.63) is 29.6 Å². The van der Waals surface area contributed by atoms with Gasteiger partial charge in [0, 0.05) is 25.4 Å². The van der Waals surface area contributed by atoms with Crippen molar-refractivity contribution in [1.29, 1.82) is 0 Å². The fourth-order valence-electron chi connectivity index (χ4n) is 4.04. The number of hydrogen-bond donors (Lipinski definition) is 3. The number of rotatable bonds is 9. The van der Waals surface area contributed by atoms with Crippen LogP contribution >= 0.6 is 0 Å². The number of amides is 2. The molecule has 3 N–H and O–H groups in total. The van der Waals surface area contributed by atoms with Crippen LogP contribution in [0.1, 0.15) is 58.2 Å². The molecule has 174 valence electrons. The minimum absolute atomic E-state index is 0.230. The van der Waals surface area contributed by atoms with E-state index in [1.807, 2.05) is 0 Å². The summed E-state index contributed by atoms with van der Waals surface area (Å²) in [6.07, 6.45) is 3.64. The summed E-state index contributed by atoms with van der Waals surface area (Å²) in [7, 11) is 0. The van der Waals surface area contributed by atoms with Gasteiger partial charge in [-0.2, -0.15) is 0 Å². The van der Waals surface area contributed by atoms with Crippen LogP contribution in [0.5, 0.6) is 0 Å². The highest BCUT2D eigenvalue weighted by molar-refractivity contribution is 6.01. The number of aryl methyl sites for hydroxylation is 1. The lowest BCUT2D eigenvalue weighted by Crippen LogP contribution is -2.42. The third-order valence-electron chi connectivity index (χ3n) is 5.62. The molecule has 32 heavy (non-hydrogen) atoms. The van der Waals surface area contributed by atoms with Crippen molar-refractivity contribution in [2.75, 3.05) is 28.6 Å². The van der Waals surface area contributed by atoms with Gasteiger partial charge in [-0.3, -0.25) is 10.1 Å². The Kier molecular flexibility index (Phi) is 7.06. The maximum absolute atomic E-state index is 12.7. The van der Waals surface area contributed by atoms with Gasteiger partial charge in [0.05, 0.1) is 16.8 Å². The number of carboxylic acids is 1. The Morgan fingerprint density at radius 2 is 1.81 bits per heavy atom. The number of aliphatic carboxylic acids is 1. The van der Waals surface area contributed by atoms with Crippen LogP contribution in [0, 0.1) is 18.8 Å². The summed E-state index contributed by atoms with van der Waals surface area (Å²) >= 11 is 0. The number of anilines is 3. The van der Waals surface area contributed by atoms with Crippen LogP contribution in [-0.2, 0) is 10.2 Å². The second-order valence-corrected chi connectivity index (χ2v) is 9.44. The molecule has 0 bridgehead atoms. The van der Waals surface area contributed by atoms with Crippen molar-refractivity contribution in [3.63, 3.8) is 0 Å². The van der Waals surface area contributed by atoms with E-state index in [1.165, 1.54) is 0 Å². The normalized spacial score (nSPS) is 14.8. The highest BCUT2D eigenvalue weighted by atomic mass is 16.5. The third-order valence-corrected chi connectivity index (χ3v) is 5.62. The molecule has 0 radical (unpaired) electrons. The number of carboxylic acid groups (broad SMARTS) is 1. The van der Waals surface area contributed by atoms with E-state index in [9.17, 15) is 14.7 Å². The predicted molar refractivity (Wildman–Crippen MR) is 123 cm³/mol. The van der Waals surface area contributed by atoms with Crippen LogP contribution in [0.25, 0.3) is 0 Å². The molecular formula is C23H33N5O4. The average molecular weight is 444 g/mol. The van der Waals surface area contributed by atoms with Gasteiger partial charge in [0.2, 0.25) is 5.88 Å². The molecule has 0 aromatic carbocycles. The Morgan fingerprint density at radius 3 is 2.28 bits per heavy atom. The summed E-state index contributed by atoms with van der Waals surface area (Å²) in [5.41, 5.74) is 0.796. The highest BCUT2D eigenvalue weighted by Gasteiger charge is 2.46. The minimum atomic E-state index is -0.943. The van der Waals surface area contributed by atoms with Crippen LogP contribution in [0.3, 0.4) is 0 Å². The SMILES string of the molecule is Cc1cc(NC(=O)Nc2cc(C3(C(=O)O)CCC3)cnc2N(CC(C)C)CC(C)C)on1. The third kappa shape index (κ3) is 5.20. The zero-order chi connectivity index (χ0) is 23.5. The zero-order valence-electron chi connectivity index (χ0n) is 19.4. The Bertz CT molecular complexity index is 955. The van der Waals surface area contributed by atoms with E-state index in [0.717, 1.165) is 19.5 Å². The van der Waals surface area contributed by atoms with E-state index in [-0.39, 0.29) is 5.88 Å². The lowest BCUT2D eigenvalue weighted by atomic mass is 9.65. The van der Waals surface area contributed by atoms with Crippen molar-refractivity contribution in [3.8, 4) is 0 Å². The molecule has 3 rings (SSSR count). The number of urea groups is 1. The van der Waals surface area contributed by atoms with Crippen LogP contribution in [0.2, 0.25) is 0 Å². The summed E-state index contributed by atoms with van der Waals surface area (Å²) in [4.78, 5) is 31.6. The van der Waals surface area contributed by atoms with Crippen LogP contribution in [0.15, 0.2) is 22.9 Å². The number of carbonyl (C=O) groups excluding carboxylic acids is 1. The molecule has 1 aliphatic rings. The van der Waals surface area contributed by atoms with E-state index in [1.54, 1.807) is 25.3 Å². The largest absolute Gasteiger partial charge is 0.481 e. The molecule has 2 amide bonds. The van der Waals surface area contributed by atoms with Crippen LogP contribution in [-0.4, -0.2) is 40.3 Å². The van der Waals surface area contributed by atoms with Crippen molar-refractivity contribution < 1.29 is 19.2 Å². The number of nitrogens with one attached hydrogen (secondary N) is 2. The number of carbonyl (C=O) groups is 2. The first kappa shape index (κ1) is 23.6. The topological polar surface area (TPSA) is 121 Å². The maximum Gasteiger partial charge on any atom is 0.326 e. The second kappa shape index (κ2) is 9.58. The number of aromatic nitrogens is 2. The molecule has 0 aliphatic heterocycles. The summed E-state index contributed by atoms with van der Waals surface area (Å²) in [6.45, 7) is 11.8. The van der Waals surface area contributed by atoms with Gasteiger partial charge in [-0.05, 0) is 43.2 Å². The summed E-state index contributed by atoms with van der Waals surface area (Å²) < 4.78 is 5.07. The molecule has 2 aromatic rings. The van der Waals surface area contributed by atoms with Crippen molar-refractivity contribution in [2.24, 2.45) is 11.8 Å². The van der Waals surface area contributed by atoms with Gasteiger partial charge >= 0.3 is 12.0 Å². The highest BCUT2D eigenvalue weighted by Crippen LogP contribution is 2.45. The molecule has 9 nitrogen and oxygen atoms in total. The van der Waals surface area contributed by atoms with E-state index >= 15 is 0 Å². The molecule has 1 fully saturated rings. The van der Waals surface area contributed by atoms with E-state index in [4.69, 9.17) is 4.52 Å².